The van der Waals surface area contributed by atoms with E-state index in [1.807, 2.05) is 44.2 Å². The van der Waals surface area contributed by atoms with Crippen LogP contribution in [-0.4, -0.2) is 23.5 Å². The number of amides is 1. The highest BCUT2D eigenvalue weighted by atomic mass is 19.4. The van der Waals surface area contributed by atoms with Gasteiger partial charge in [0, 0.05) is 12.6 Å². The Morgan fingerprint density at radius 3 is 2.24 bits per heavy atom. The lowest BCUT2D eigenvalue weighted by molar-refractivity contribution is -0.141. The Kier molecular flexibility index (Phi) is 6.07. The highest BCUT2D eigenvalue weighted by molar-refractivity contribution is 5.78. The quantitative estimate of drug-likeness (QED) is 0.766. The van der Waals surface area contributed by atoms with Crippen molar-refractivity contribution in [1.82, 2.24) is 4.90 Å². The van der Waals surface area contributed by atoms with Gasteiger partial charge in [0.1, 0.15) is 5.75 Å². The van der Waals surface area contributed by atoms with Gasteiger partial charge in [-0.2, -0.15) is 13.2 Å². The highest BCUT2D eigenvalue weighted by Gasteiger charge is 2.34. The number of ether oxygens (including phenoxy) is 1. The van der Waals surface area contributed by atoms with Crippen molar-refractivity contribution in [2.24, 2.45) is 0 Å². The summed E-state index contributed by atoms with van der Waals surface area (Å²) in [5.74, 6) is -0.706. The molecule has 0 aliphatic heterocycles. The molecular formula is C19H20F3NO2. The van der Waals surface area contributed by atoms with Crippen molar-refractivity contribution in [3.63, 3.8) is 0 Å². The van der Waals surface area contributed by atoms with Crippen molar-refractivity contribution in [3.8, 4) is 5.75 Å². The van der Waals surface area contributed by atoms with Crippen molar-refractivity contribution in [2.45, 2.75) is 32.6 Å². The van der Waals surface area contributed by atoms with Crippen LogP contribution in [0.5, 0.6) is 5.75 Å². The molecule has 0 bridgehead atoms. The number of halogens is 3. The zero-order chi connectivity index (χ0) is 18.4. The van der Waals surface area contributed by atoms with Crippen molar-refractivity contribution in [2.75, 3.05) is 6.61 Å². The second-order valence-corrected chi connectivity index (χ2v) is 5.88. The topological polar surface area (TPSA) is 29.5 Å². The summed E-state index contributed by atoms with van der Waals surface area (Å²) in [7, 11) is 0. The van der Waals surface area contributed by atoms with E-state index in [1.54, 1.807) is 4.90 Å². The van der Waals surface area contributed by atoms with Gasteiger partial charge >= 0.3 is 6.18 Å². The van der Waals surface area contributed by atoms with E-state index < -0.39 is 18.3 Å². The van der Waals surface area contributed by atoms with E-state index in [0.717, 1.165) is 11.6 Å². The molecule has 134 valence electrons. The van der Waals surface area contributed by atoms with Gasteiger partial charge in [-0.3, -0.25) is 4.79 Å². The van der Waals surface area contributed by atoms with Gasteiger partial charge in [0.05, 0.1) is 5.56 Å². The minimum atomic E-state index is -4.53. The fourth-order valence-corrected chi connectivity index (χ4v) is 2.39. The third-order valence-electron chi connectivity index (χ3n) is 3.68. The lowest BCUT2D eigenvalue weighted by atomic mass is 10.2. The van der Waals surface area contributed by atoms with Crippen molar-refractivity contribution < 1.29 is 22.7 Å². The van der Waals surface area contributed by atoms with E-state index in [-0.39, 0.29) is 17.7 Å². The van der Waals surface area contributed by atoms with E-state index in [9.17, 15) is 18.0 Å². The predicted octanol–water partition coefficient (Wildman–Crippen LogP) is 4.52. The fraction of sp³-hybridized carbons (Fsp3) is 0.316. The second-order valence-electron chi connectivity index (χ2n) is 5.88. The molecule has 6 heteroatoms. The first kappa shape index (κ1) is 18.8. The normalized spacial score (nSPS) is 11.4. The Morgan fingerprint density at radius 1 is 1.04 bits per heavy atom. The molecule has 25 heavy (non-hydrogen) atoms. The molecule has 3 nitrogen and oxygen atoms in total. The first-order valence-corrected chi connectivity index (χ1v) is 7.91. The Balaban J connectivity index is 2.07. The molecule has 0 heterocycles. The van der Waals surface area contributed by atoms with Crippen LogP contribution in [0.1, 0.15) is 25.0 Å². The molecule has 0 saturated carbocycles. The predicted molar refractivity (Wildman–Crippen MR) is 89.1 cm³/mol. The number of carbonyl (C=O) groups excluding carboxylic acids is 1. The SMILES string of the molecule is CC(C)N(Cc1ccccc1)C(=O)COc1ccccc1C(F)(F)F. The van der Waals surface area contributed by atoms with E-state index >= 15 is 0 Å². The first-order valence-electron chi connectivity index (χ1n) is 7.91. The maximum atomic E-state index is 13.0. The van der Waals surface area contributed by atoms with E-state index in [1.165, 1.54) is 18.2 Å². The standard InChI is InChI=1S/C19H20F3NO2/c1-14(2)23(12-15-8-4-3-5-9-15)18(24)13-25-17-11-7-6-10-16(17)19(20,21)22/h3-11,14H,12-13H2,1-2H3. The molecule has 0 radical (unpaired) electrons. The van der Waals surface area contributed by atoms with Gasteiger partial charge in [0.15, 0.2) is 6.61 Å². The van der Waals surface area contributed by atoms with Crippen molar-refractivity contribution in [1.29, 1.82) is 0 Å². The maximum Gasteiger partial charge on any atom is 0.419 e. The van der Waals surface area contributed by atoms with Gasteiger partial charge in [0.2, 0.25) is 0 Å². The molecule has 0 atom stereocenters. The van der Waals surface area contributed by atoms with Crippen LogP contribution >= 0.6 is 0 Å². The zero-order valence-corrected chi connectivity index (χ0v) is 14.1. The second kappa shape index (κ2) is 8.05. The molecule has 0 aliphatic carbocycles. The Bertz CT molecular complexity index is 699. The minimum Gasteiger partial charge on any atom is -0.483 e. The lowest BCUT2D eigenvalue weighted by Crippen LogP contribution is -2.39. The third-order valence-corrected chi connectivity index (χ3v) is 3.68. The lowest BCUT2D eigenvalue weighted by Gasteiger charge is -2.27. The van der Waals surface area contributed by atoms with Crippen LogP contribution in [0.3, 0.4) is 0 Å². The molecule has 0 unspecified atom stereocenters. The van der Waals surface area contributed by atoms with Crippen LogP contribution in [0, 0.1) is 0 Å². The number of alkyl halides is 3. The number of rotatable bonds is 6. The van der Waals surface area contributed by atoms with E-state index in [4.69, 9.17) is 4.74 Å². The average Bonchev–Trinajstić information content (AvgIpc) is 2.57. The maximum absolute atomic E-state index is 13.0. The molecule has 0 aliphatic rings. The van der Waals surface area contributed by atoms with Gasteiger partial charge < -0.3 is 9.64 Å². The minimum absolute atomic E-state index is 0.103. The van der Waals surface area contributed by atoms with Gasteiger partial charge in [-0.15, -0.1) is 0 Å². The number of carbonyl (C=O) groups is 1. The third kappa shape index (κ3) is 5.24. The fourth-order valence-electron chi connectivity index (χ4n) is 2.39. The monoisotopic (exact) mass is 351 g/mol. The Morgan fingerprint density at radius 2 is 1.64 bits per heavy atom. The Hall–Kier alpha value is -2.50. The number of hydrogen-bond donors (Lipinski definition) is 0. The molecule has 0 fully saturated rings. The van der Waals surface area contributed by atoms with Gasteiger partial charge in [0.25, 0.3) is 5.91 Å². The molecule has 0 saturated heterocycles. The summed E-state index contributed by atoms with van der Waals surface area (Å²) >= 11 is 0. The van der Waals surface area contributed by atoms with Crippen LogP contribution in [0.4, 0.5) is 13.2 Å². The van der Waals surface area contributed by atoms with E-state index in [0.29, 0.717) is 6.54 Å². The highest BCUT2D eigenvalue weighted by Crippen LogP contribution is 2.35. The summed E-state index contributed by atoms with van der Waals surface area (Å²) in [6.45, 7) is 3.63. The van der Waals surface area contributed by atoms with Crippen LogP contribution in [-0.2, 0) is 17.5 Å². The number of hydrogen-bond acceptors (Lipinski definition) is 2. The van der Waals surface area contributed by atoms with Crippen LogP contribution in [0.15, 0.2) is 54.6 Å². The average molecular weight is 351 g/mol. The molecule has 2 aromatic rings. The van der Waals surface area contributed by atoms with Crippen LogP contribution < -0.4 is 4.74 Å². The smallest absolute Gasteiger partial charge is 0.419 e. The molecule has 2 aromatic carbocycles. The summed E-state index contributed by atoms with van der Waals surface area (Å²) in [5.41, 5.74) is 0.0576. The molecule has 2 rings (SSSR count). The summed E-state index contributed by atoms with van der Waals surface area (Å²) in [5, 5.41) is 0. The summed E-state index contributed by atoms with van der Waals surface area (Å²) in [4.78, 5) is 14.0. The summed E-state index contributed by atoms with van der Waals surface area (Å²) < 4.78 is 44.1. The van der Waals surface area contributed by atoms with Crippen molar-refractivity contribution in [3.05, 3.63) is 65.7 Å². The van der Waals surface area contributed by atoms with Crippen molar-refractivity contribution >= 4 is 5.91 Å². The number of benzene rings is 2. The zero-order valence-electron chi connectivity index (χ0n) is 14.1. The van der Waals surface area contributed by atoms with Crippen LogP contribution in [0.2, 0.25) is 0 Å². The largest absolute Gasteiger partial charge is 0.483 e. The van der Waals surface area contributed by atoms with E-state index in [2.05, 4.69) is 0 Å². The van der Waals surface area contributed by atoms with Crippen LogP contribution in [0.25, 0.3) is 0 Å². The summed E-state index contributed by atoms with van der Waals surface area (Å²) in [6.07, 6.45) is -4.53. The van der Waals surface area contributed by atoms with Gasteiger partial charge in [-0.25, -0.2) is 0 Å². The number of para-hydroxylation sites is 1. The van der Waals surface area contributed by atoms with Gasteiger partial charge in [-0.1, -0.05) is 42.5 Å². The molecule has 0 N–H and O–H groups in total. The molecule has 1 amide bonds. The number of nitrogens with zero attached hydrogens (tertiary/aromatic N) is 1. The molecular weight excluding hydrogens is 331 g/mol. The molecule has 0 spiro atoms. The molecule has 0 aromatic heterocycles. The summed E-state index contributed by atoms with van der Waals surface area (Å²) in [6, 6.07) is 14.2. The first-order chi connectivity index (χ1) is 11.8. The Labute approximate surface area is 145 Å². The van der Waals surface area contributed by atoms with Gasteiger partial charge in [-0.05, 0) is 31.5 Å².